The molecular weight excluding hydrogens is 396 g/mol. The Morgan fingerprint density at radius 3 is 2.55 bits per heavy atom. The van der Waals surface area contributed by atoms with Crippen LogP contribution in [0.1, 0.15) is 32.3 Å². The molecule has 2 aromatic rings. The highest BCUT2D eigenvalue weighted by atomic mass is 16.5. The molecule has 1 aromatic heterocycles. The molecule has 1 aromatic carbocycles. The first-order valence-corrected chi connectivity index (χ1v) is 10.6. The van der Waals surface area contributed by atoms with E-state index in [9.17, 15) is 14.9 Å². The molecule has 1 N–H and O–H groups in total. The maximum atomic E-state index is 13.0. The summed E-state index contributed by atoms with van der Waals surface area (Å²) in [5.41, 5.74) is 2.51. The minimum Gasteiger partial charge on any atom is -0.364 e. The second kappa shape index (κ2) is 8.86. The van der Waals surface area contributed by atoms with Crippen molar-refractivity contribution in [2.75, 3.05) is 31.1 Å². The van der Waals surface area contributed by atoms with Gasteiger partial charge in [0.1, 0.15) is 17.1 Å². The van der Waals surface area contributed by atoms with Crippen molar-refractivity contribution in [1.82, 2.24) is 20.2 Å². The molecule has 3 heterocycles. The molecule has 2 aliphatic rings. The van der Waals surface area contributed by atoms with E-state index in [-0.39, 0.29) is 24.0 Å². The van der Waals surface area contributed by atoms with E-state index in [4.69, 9.17) is 4.74 Å². The predicted octanol–water partition coefficient (Wildman–Crippen LogP) is 1.22. The summed E-state index contributed by atoms with van der Waals surface area (Å²) in [5, 5.41) is 12.5. The number of benzene rings is 1. The molecule has 162 valence electrons. The van der Waals surface area contributed by atoms with Crippen LogP contribution in [-0.4, -0.2) is 71.1 Å². The highest BCUT2D eigenvalue weighted by Crippen LogP contribution is 2.29. The molecule has 0 radical (unpaired) electrons. The Bertz CT molecular complexity index is 1030. The molecule has 31 heavy (non-hydrogen) atoms. The van der Waals surface area contributed by atoms with Gasteiger partial charge in [-0.25, -0.2) is 0 Å². The van der Waals surface area contributed by atoms with Crippen molar-refractivity contribution in [3.05, 3.63) is 30.1 Å². The lowest BCUT2D eigenvalue weighted by atomic mass is 10.0. The van der Waals surface area contributed by atoms with Gasteiger partial charge in [-0.1, -0.05) is 0 Å². The number of piperidine rings is 1. The molecule has 2 fully saturated rings. The molecule has 2 amide bonds. The lowest BCUT2D eigenvalue weighted by Crippen LogP contribution is -2.55. The first kappa shape index (κ1) is 21.0. The van der Waals surface area contributed by atoms with Crippen LogP contribution in [0.15, 0.2) is 24.5 Å². The Balaban J connectivity index is 1.48. The van der Waals surface area contributed by atoms with Crippen LogP contribution in [0.3, 0.4) is 0 Å². The molecule has 2 aliphatic heterocycles. The number of nitriles is 1. The van der Waals surface area contributed by atoms with Crippen molar-refractivity contribution < 1.29 is 14.3 Å². The molecule has 0 bridgehead atoms. The Labute approximate surface area is 181 Å². The van der Waals surface area contributed by atoms with Crippen LogP contribution in [0, 0.1) is 11.3 Å². The summed E-state index contributed by atoms with van der Waals surface area (Å²) in [6.45, 7) is 5.82. The standard InChI is InChI=1S/C22H26N6O3/c1-14-12-28(18-4-3-16(11-23)20-21(18)25-8-7-24-20)13-19(31-14)22(30)26-17-5-9-27(10-6-17)15(2)29/h3-4,7-8,14,17,19H,5-6,9-10,12-13H2,1-2H3,(H,26,30)/t14?,19-/m1/s1. The number of ether oxygens (including phenoxy) is 1. The van der Waals surface area contributed by atoms with Crippen LogP contribution in [0.4, 0.5) is 5.69 Å². The summed E-state index contributed by atoms with van der Waals surface area (Å²) in [5.74, 6) is -0.0653. The Morgan fingerprint density at radius 2 is 1.87 bits per heavy atom. The predicted molar refractivity (Wildman–Crippen MR) is 114 cm³/mol. The average Bonchev–Trinajstić information content (AvgIpc) is 2.78. The molecule has 1 unspecified atom stereocenters. The minimum absolute atomic E-state index is 0.0407. The molecular formula is C22H26N6O3. The summed E-state index contributed by atoms with van der Waals surface area (Å²) in [7, 11) is 0. The van der Waals surface area contributed by atoms with Crippen molar-refractivity contribution in [3.8, 4) is 6.07 Å². The van der Waals surface area contributed by atoms with Crippen molar-refractivity contribution >= 4 is 28.5 Å². The third-order valence-electron chi connectivity index (χ3n) is 5.90. The number of nitrogens with one attached hydrogen (secondary N) is 1. The summed E-state index contributed by atoms with van der Waals surface area (Å²) in [4.78, 5) is 37.1. The van der Waals surface area contributed by atoms with Crippen LogP contribution in [0.2, 0.25) is 0 Å². The van der Waals surface area contributed by atoms with Gasteiger partial charge < -0.3 is 19.9 Å². The molecule has 2 atom stereocenters. The van der Waals surface area contributed by atoms with E-state index < -0.39 is 6.10 Å². The van der Waals surface area contributed by atoms with Gasteiger partial charge in [-0.15, -0.1) is 0 Å². The maximum Gasteiger partial charge on any atom is 0.251 e. The first-order valence-electron chi connectivity index (χ1n) is 10.6. The summed E-state index contributed by atoms with van der Waals surface area (Å²) in [6.07, 6.45) is 3.90. The number of nitrogens with zero attached hydrogens (tertiary/aromatic N) is 5. The number of carbonyl (C=O) groups excluding carboxylic acids is 2. The van der Waals surface area contributed by atoms with Gasteiger partial charge in [0.05, 0.1) is 23.9 Å². The number of morpholine rings is 1. The Kier molecular flexibility index (Phi) is 6.00. The number of likely N-dealkylation sites (tertiary alicyclic amines) is 1. The fourth-order valence-electron chi connectivity index (χ4n) is 4.31. The second-order valence-electron chi connectivity index (χ2n) is 8.13. The van der Waals surface area contributed by atoms with Crippen LogP contribution in [0.5, 0.6) is 0 Å². The topological polar surface area (TPSA) is 111 Å². The first-order chi connectivity index (χ1) is 15.0. The number of amides is 2. The number of aromatic nitrogens is 2. The number of hydrogen-bond donors (Lipinski definition) is 1. The summed E-state index contributed by atoms with van der Waals surface area (Å²) >= 11 is 0. The molecule has 0 saturated carbocycles. The third-order valence-corrected chi connectivity index (χ3v) is 5.90. The van der Waals surface area contributed by atoms with E-state index in [0.29, 0.717) is 42.8 Å². The van der Waals surface area contributed by atoms with Crippen molar-refractivity contribution in [2.45, 2.75) is 44.9 Å². The molecule has 9 nitrogen and oxygen atoms in total. The monoisotopic (exact) mass is 422 g/mol. The van der Waals surface area contributed by atoms with Crippen molar-refractivity contribution in [3.63, 3.8) is 0 Å². The SMILES string of the molecule is CC(=O)N1CCC(NC(=O)[C@H]2CN(c3ccc(C#N)c4nccnc34)CC(C)O2)CC1. The fraction of sp³-hybridized carbons (Fsp3) is 0.500. The van der Waals surface area contributed by atoms with E-state index in [2.05, 4.69) is 26.3 Å². The van der Waals surface area contributed by atoms with Gasteiger partial charge in [0, 0.05) is 45.0 Å². The minimum atomic E-state index is -0.614. The smallest absolute Gasteiger partial charge is 0.251 e. The quantitative estimate of drug-likeness (QED) is 0.792. The highest BCUT2D eigenvalue weighted by Gasteiger charge is 2.33. The fourth-order valence-corrected chi connectivity index (χ4v) is 4.31. The Morgan fingerprint density at radius 1 is 1.16 bits per heavy atom. The zero-order chi connectivity index (χ0) is 22.0. The number of fused-ring (bicyclic) bond motifs is 1. The summed E-state index contributed by atoms with van der Waals surface area (Å²) in [6, 6.07) is 5.80. The van der Waals surface area contributed by atoms with Gasteiger partial charge >= 0.3 is 0 Å². The molecule has 9 heteroatoms. The highest BCUT2D eigenvalue weighted by molar-refractivity contribution is 5.92. The van der Waals surface area contributed by atoms with E-state index >= 15 is 0 Å². The maximum absolute atomic E-state index is 13.0. The van der Waals surface area contributed by atoms with Gasteiger partial charge in [-0.05, 0) is 31.9 Å². The number of hydrogen-bond acceptors (Lipinski definition) is 7. The largest absolute Gasteiger partial charge is 0.364 e. The normalized spacial score (nSPS) is 22.2. The van der Waals surface area contributed by atoms with Crippen molar-refractivity contribution in [1.29, 1.82) is 5.26 Å². The number of anilines is 1. The second-order valence-corrected chi connectivity index (χ2v) is 8.13. The zero-order valence-electron chi connectivity index (χ0n) is 17.7. The van der Waals surface area contributed by atoms with Gasteiger partial charge in [0.2, 0.25) is 5.91 Å². The molecule has 0 aliphatic carbocycles. The lowest BCUT2D eigenvalue weighted by Gasteiger charge is -2.39. The zero-order valence-corrected chi connectivity index (χ0v) is 17.7. The van der Waals surface area contributed by atoms with Gasteiger partial charge in [0.25, 0.3) is 5.91 Å². The molecule has 2 saturated heterocycles. The van der Waals surface area contributed by atoms with E-state index in [1.54, 1.807) is 30.3 Å². The molecule has 4 rings (SSSR count). The van der Waals surface area contributed by atoms with Gasteiger partial charge in [-0.3, -0.25) is 19.6 Å². The van der Waals surface area contributed by atoms with Crippen LogP contribution in [-0.2, 0) is 14.3 Å². The van der Waals surface area contributed by atoms with Crippen LogP contribution in [0.25, 0.3) is 11.0 Å². The van der Waals surface area contributed by atoms with E-state index in [1.807, 2.05) is 13.0 Å². The lowest BCUT2D eigenvalue weighted by molar-refractivity contribution is -0.138. The number of carbonyl (C=O) groups is 2. The van der Waals surface area contributed by atoms with Crippen LogP contribution < -0.4 is 10.2 Å². The average molecular weight is 422 g/mol. The van der Waals surface area contributed by atoms with Crippen molar-refractivity contribution in [2.24, 2.45) is 0 Å². The third kappa shape index (κ3) is 4.44. The number of rotatable bonds is 3. The van der Waals surface area contributed by atoms with Gasteiger partial charge in [-0.2, -0.15) is 5.26 Å². The summed E-state index contributed by atoms with van der Waals surface area (Å²) < 4.78 is 5.95. The van der Waals surface area contributed by atoms with Gasteiger partial charge in [0.15, 0.2) is 6.10 Å². The molecule has 0 spiro atoms. The van der Waals surface area contributed by atoms with E-state index in [1.165, 1.54) is 0 Å². The van der Waals surface area contributed by atoms with Crippen LogP contribution >= 0.6 is 0 Å². The Hall–Kier alpha value is -3.25. The van der Waals surface area contributed by atoms with E-state index in [0.717, 1.165) is 18.5 Å².